The van der Waals surface area contributed by atoms with Crippen LogP contribution in [0.5, 0.6) is 0 Å². The highest BCUT2D eigenvalue weighted by molar-refractivity contribution is 5.96. The van der Waals surface area contributed by atoms with Gasteiger partial charge < -0.3 is 10.2 Å². The van der Waals surface area contributed by atoms with E-state index in [-0.39, 0.29) is 11.9 Å². The Morgan fingerprint density at radius 1 is 1.65 bits per heavy atom. The van der Waals surface area contributed by atoms with E-state index in [1.54, 1.807) is 13.1 Å². The summed E-state index contributed by atoms with van der Waals surface area (Å²) in [7, 11) is 0. The Balaban J connectivity index is 2.32. The first-order chi connectivity index (χ1) is 8.09. The average molecular weight is 233 g/mol. The topological polar surface area (TPSA) is 45.2 Å². The van der Waals surface area contributed by atoms with Crippen LogP contribution in [0.15, 0.2) is 18.3 Å². The van der Waals surface area contributed by atoms with Crippen LogP contribution in [-0.4, -0.2) is 23.5 Å². The average Bonchev–Trinajstić information content (AvgIpc) is 2.27. The molecular weight excluding hydrogens is 214 g/mol. The van der Waals surface area contributed by atoms with E-state index in [4.69, 9.17) is 0 Å². The van der Waals surface area contributed by atoms with Crippen molar-refractivity contribution < 1.29 is 4.79 Å². The van der Waals surface area contributed by atoms with Gasteiger partial charge in [-0.2, -0.15) is 0 Å². The molecule has 1 N–H and O–H groups in total. The Kier molecular flexibility index (Phi) is 3.31. The summed E-state index contributed by atoms with van der Waals surface area (Å²) in [5.41, 5.74) is 0.900. The summed E-state index contributed by atoms with van der Waals surface area (Å²) in [6, 6.07) is 4.04. The minimum Gasteiger partial charge on any atom is -0.366 e. The summed E-state index contributed by atoms with van der Waals surface area (Å²) in [5, 5.41) is 3.30. The number of carbonyl (C=O) groups is 1. The number of carbonyl (C=O) groups excluding carboxylic acids is 1. The molecule has 0 saturated heterocycles. The molecule has 0 unspecified atom stereocenters. The molecule has 2 rings (SSSR count). The smallest absolute Gasteiger partial charge is 0.224 e. The molecule has 1 aromatic heterocycles. The molecule has 1 aliphatic heterocycles. The van der Waals surface area contributed by atoms with Gasteiger partial charge in [-0.25, -0.2) is 4.98 Å². The molecular formula is C13H19N3O. The molecule has 0 bridgehead atoms. The molecule has 0 spiro atoms. The third-order valence-electron chi connectivity index (χ3n) is 3.00. The zero-order valence-electron chi connectivity index (χ0n) is 10.6. The molecule has 17 heavy (non-hydrogen) atoms. The van der Waals surface area contributed by atoms with Crippen molar-refractivity contribution in [2.24, 2.45) is 5.92 Å². The summed E-state index contributed by atoms with van der Waals surface area (Å²) < 4.78 is 0. The highest BCUT2D eigenvalue weighted by Crippen LogP contribution is 2.31. The van der Waals surface area contributed by atoms with Crippen LogP contribution in [0.4, 0.5) is 11.5 Å². The lowest BCUT2D eigenvalue weighted by Gasteiger charge is -2.37. The summed E-state index contributed by atoms with van der Waals surface area (Å²) in [6.07, 6.45) is 2.74. The van der Waals surface area contributed by atoms with Gasteiger partial charge >= 0.3 is 0 Å². The van der Waals surface area contributed by atoms with Gasteiger partial charge in [0.1, 0.15) is 5.82 Å². The van der Waals surface area contributed by atoms with Crippen LogP contribution in [0.1, 0.15) is 27.2 Å². The number of nitrogens with zero attached hydrogens (tertiary/aromatic N) is 2. The highest BCUT2D eigenvalue weighted by Gasteiger charge is 2.29. The number of amides is 1. The maximum absolute atomic E-state index is 11.8. The van der Waals surface area contributed by atoms with Gasteiger partial charge in [0.05, 0.1) is 11.7 Å². The molecule has 0 radical (unpaired) electrons. The van der Waals surface area contributed by atoms with Crippen molar-refractivity contribution >= 4 is 17.4 Å². The number of rotatable bonds is 2. The molecule has 2 heterocycles. The summed E-state index contributed by atoms with van der Waals surface area (Å²) >= 11 is 0. The van der Waals surface area contributed by atoms with E-state index < -0.39 is 0 Å². The molecule has 1 amide bonds. The Morgan fingerprint density at radius 3 is 3.06 bits per heavy atom. The minimum atomic E-state index is 0.0893. The van der Waals surface area contributed by atoms with Crippen LogP contribution in [-0.2, 0) is 4.79 Å². The fourth-order valence-corrected chi connectivity index (χ4v) is 2.39. The summed E-state index contributed by atoms with van der Waals surface area (Å²) in [6.45, 7) is 6.76. The molecule has 0 aliphatic carbocycles. The standard InChI is InChI=1S/C13H19N3O/c1-9(2)7-11-8-15-13-12(5-4-6-14-13)16(11)10(3)17/h4-6,9,11H,7-8H2,1-3H3,(H,14,15)/t11-/m1/s1. The van der Waals surface area contributed by atoms with Crippen molar-refractivity contribution in [2.75, 3.05) is 16.8 Å². The first-order valence-corrected chi connectivity index (χ1v) is 6.08. The van der Waals surface area contributed by atoms with Crippen LogP contribution >= 0.6 is 0 Å². The molecule has 92 valence electrons. The lowest BCUT2D eigenvalue weighted by atomic mass is 10.00. The Morgan fingerprint density at radius 2 is 2.41 bits per heavy atom. The largest absolute Gasteiger partial charge is 0.366 e. The third-order valence-corrected chi connectivity index (χ3v) is 3.00. The van der Waals surface area contributed by atoms with Crippen molar-refractivity contribution in [2.45, 2.75) is 33.2 Å². The lowest BCUT2D eigenvalue weighted by molar-refractivity contribution is -0.117. The van der Waals surface area contributed by atoms with Gasteiger partial charge in [-0.1, -0.05) is 13.8 Å². The van der Waals surface area contributed by atoms with E-state index in [9.17, 15) is 4.79 Å². The Hall–Kier alpha value is -1.58. The summed E-state index contributed by atoms with van der Waals surface area (Å²) in [4.78, 5) is 18.0. The van der Waals surface area contributed by atoms with Gasteiger partial charge in [-0.05, 0) is 24.5 Å². The second kappa shape index (κ2) is 4.73. The van der Waals surface area contributed by atoms with Gasteiger partial charge in [0, 0.05) is 19.7 Å². The number of fused-ring (bicyclic) bond motifs is 1. The van der Waals surface area contributed by atoms with Gasteiger partial charge in [0.25, 0.3) is 0 Å². The van der Waals surface area contributed by atoms with E-state index in [0.717, 1.165) is 24.5 Å². The molecule has 4 heteroatoms. The quantitative estimate of drug-likeness (QED) is 0.852. The summed E-state index contributed by atoms with van der Waals surface area (Å²) in [5.74, 6) is 1.47. The number of hydrogen-bond acceptors (Lipinski definition) is 3. The monoisotopic (exact) mass is 233 g/mol. The first-order valence-electron chi connectivity index (χ1n) is 6.08. The van der Waals surface area contributed by atoms with E-state index in [1.807, 2.05) is 17.0 Å². The fraction of sp³-hybridized carbons (Fsp3) is 0.538. The second-order valence-electron chi connectivity index (χ2n) is 4.92. The van der Waals surface area contributed by atoms with Gasteiger partial charge in [-0.15, -0.1) is 0 Å². The normalized spacial score (nSPS) is 18.8. The lowest BCUT2D eigenvalue weighted by Crippen LogP contribution is -2.47. The maximum atomic E-state index is 11.8. The number of nitrogens with one attached hydrogen (secondary N) is 1. The molecule has 1 atom stereocenters. The third kappa shape index (κ3) is 2.40. The number of aromatic nitrogens is 1. The molecule has 0 saturated carbocycles. The Labute approximate surface area is 102 Å². The minimum absolute atomic E-state index is 0.0893. The zero-order chi connectivity index (χ0) is 12.4. The van der Waals surface area contributed by atoms with Crippen LogP contribution in [0.3, 0.4) is 0 Å². The predicted molar refractivity (Wildman–Crippen MR) is 69.1 cm³/mol. The SMILES string of the molecule is CC(=O)N1c2cccnc2NC[C@H]1CC(C)C. The first kappa shape index (κ1) is 11.9. The van der Waals surface area contributed by atoms with Crippen LogP contribution in [0, 0.1) is 5.92 Å². The predicted octanol–water partition coefficient (Wildman–Crippen LogP) is 2.27. The van der Waals surface area contributed by atoms with Crippen LogP contribution in [0.2, 0.25) is 0 Å². The van der Waals surface area contributed by atoms with Crippen molar-refractivity contribution in [1.29, 1.82) is 0 Å². The van der Waals surface area contributed by atoms with Crippen molar-refractivity contribution in [3.8, 4) is 0 Å². The zero-order valence-corrected chi connectivity index (χ0v) is 10.6. The number of hydrogen-bond donors (Lipinski definition) is 1. The molecule has 4 nitrogen and oxygen atoms in total. The van der Waals surface area contributed by atoms with Crippen LogP contribution < -0.4 is 10.2 Å². The molecule has 1 aromatic rings. The van der Waals surface area contributed by atoms with Crippen molar-refractivity contribution in [3.05, 3.63) is 18.3 Å². The highest BCUT2D eigenvalue weighted by atomic mass is 16.2. The number of pyridine rings is 1. The van der Waals surface area contributed by atoms with Crippen molar-refractivity contribution in [1.82, 2.24) is 4.98 Å². The van der Waals surface area contributed by atoms with E-state index >= 15 is 0 Å². The number of anilines is 2. The van der Waals surface area contributed by atoms with E-state index in [0.29, 0.717) is 5.92 Å². The molecule has 0 aromatic carbocycles. The van der Waals surface area contributed by atoms with E-state index in [1.165, 1.54) is 0 Å². The molecule has 1 aliphatic rings. The van der Waals surface area contributed by atoms with Crippen LogP contribution in [0.25, 0.3) is 0 Å². The van der Waals surface area contributed by atoms with Gasteiger partial charge in [0.15, 0.2) is 0 Å². The van der Waals surface area contributed by atoms with Gasteiger partial charge in [-0.3, -0.25) is 4.79 Å². The van der Waals surface area contributed by atoms with Crippen molar-refractivity contribution in [3.63, 3.8) is 0 Å². The second-order valence-corrected chi connectivity index (χ2v) is 4.92. The Bertz CT molecular complexity index is 417. The maximum Gasteiger partial charge on any atom is 0.224 e. The fourth-order valence-electron chi connectivity index (χ4n) is 2.39. The van der Waals surface area contributed by atoms with E-state index in [2.05, 4.69) is 24.1 Å². The van der Waals surface area contributed by atoms with Gasteiger partial charge in [0.2, 0.25) is 5.91 Å². The molecule has 0 fully saturated rings.